The highest BCUT2D eigenvalue weighted by molar-refractivity contribution is 9.10. The Morgan fingerprint density at radius 3 is 2.50 bits per heavy atom. The van der Waals surface area contributed by atoms with E-state index in [0.717, 1.165) is 0 Å². The Labute approximate surface area is 131 Å². The van der Waals surface area contributed by atoms with Crippen LogP contribution in [0.2, 0.25) is 0 Å². The maximum atomic E-state index is 14.2. The van der Waals surface area contributed by atoms with Gasteiger partial charge in [-0.25, -0.2) is 4.39 Å². The lowest BCUT2D eigenvalue weighted by molar-refractivity contribution is -0.119. The van der Waals surface area contributed by atoms with Crippen LogP contribution in [0.3, 0.4) is 0 Å². The summed E-state index contributed by atoms with van der Waals surface area (Å²) in [4.78, 5) is 11.5. The van der Waals surface area contributed by atoms with E-state index in [0.29, 0.717) is 4.47 Å². The predicted molar refractivity (Wildman–Crippen MR) is 81.2 cm³/mol. The summed E-state index contributed by atoms with van der Waals surface area (Å²) in [5.74, 6) is -1.25. The Balaban J connectivity index is 3.44. The second-order valence-electron chi connectivity index (χ2n) is 5.80. The standard InChI is InChI=1S/C14H18BrClFNO2/c1-13(2,20)7-14(3,11(16)12(18)19)9-6-8(15)4-5-10(9)17/h4-6,11,20H,7H2,1-3H3,(H2,18,19). The first-order chi connectivity index (χ1) is 8.97. The van der Waals surface area contributed by atoms with Crippen LogP contribution >= 0.6 is 27.5 Å². The van der Waals surface area contributed by atoms with Crippen LogP contribution in [0.25, 0.3) is 0 Å². The molecule has 0 saturated carbocycles. The van der Waals surface area contributed by atoms with Crippen LogP contribution in [0.15, 0.2) is 22.7 Å². The average molecular weight is 367 g/mol. The van der Waals surface area contributed by atoms with Crippen molar-refractivity contribution < 1.29 is 14.3 Å². The third-order valence-electron chi connectivity index (χ3n) is 3.15. The molecule has 0 aromatic heterocycles. The van der Waals surface area contributed by atoms with Gasteiger partial charge >= 0.3 is 0 Å². The van der Waals surface area contributed by atoms with Gasteiger partial charge in [-0.2, -0.15) is 0 Å². The van der Waals surface area contributed by atoms with Gasteiger partial charge in [-0.05, 0) is 44.0 Å². The summed E-state index contributed by atoms with van der Waals surface area (Å²) in [5.41, 5.74) is 3.26. The van der Waals surface area contributed by atoms with Crippen molar-refractivity contribution in [1.29, 1.82) is 0 Å². The molecule has 1 amide bonds. The number of nitrogens with two attached hydrogens (primary N) is 1. The third kappa shape index (κ3) is 3.93. The number of halogens is 3. The first kappa shape index (κ1) is 17.4. The minimum Gasteiger partial charge on any atom is -0.390 e. The molecule has 0 spiro atoms. The molecular formula is C14H18BrClFNO2. The van der Waals surface area contributed by atoms with Crippen molar-refractivity contribution >= 4 is 33.4 Å². The van der Waals surface area contributed by atoms with Gasteiger partial charge in [0.25, 0.3) is 0 Å². The van der Waals surface area contributed by atoms with Crippen LogP contribution in [0.4, 0.5) is 4.39 Å². The van der Waals surface area contributed by atoms with E-state index in [1.54, 1.807) is 32.9 Å². The average Bonchev–Trinajstić information content (AvgIpc) is 2.28. The topological polar surface area (TPSA) is 63.3 Å². The lowest BCUT2D eigenvalue weighted by Gasteiger charge is -2.38. The Kier molecular flexibility index (Phi) is 5.22. The van der Waals surface area contributed by atoms with Crippen molar-refractivity contribution in [2.45, 2.75) is 43.6 Å². The quantitative estimate of drug-likeness (QED) is 0.787. The van der Waals surface area contributed by atoms with Gasteiger partial charge in [-0.15, -0.1) is 11.6 Å². The molecule has 1 aromatic rings. The van der Waals surface area contributed by atoms with Crippen LogP contribution in [0.1, 0.15) is 32.8 Å². The maximum Gasteiger partial charge on any atom is 0.236 e. The van der Waals surface area contributed by atoms with E-state index in [2.05, 4.69) is 15.9 Å². The number of carbonyl (C=O) groups is 1. The molecule has 0 heterocycles. The summed E-state index contributed by atoms with van der Waals surface area (Å²) in [7, 11) is 0. The zero-order valence-electron chi connectivity index (χ0n) is 11.6. The Morgan fingerprint density at radius 2 is 2.05 bits per heavy atom. The number of alkyl halides is 1. The first-order valence-electron chi connectivity index (χ1n) is 6.09. The van der Waals surface area contributed by atoms with Gasteiger partial charge in [-0.1, -0.05) is 22.9 Å². The number of hydrogen-bond acceptors (Lipinski definition) is 2. The van der Waals surface area contributed by atoms with E-state index < -0.39 is 28.1 Å². The van der Waals surface area contributed by atoms with E-state index in [1.165, 1.54) is 6.07 Å². The van der Waals surface area contributed by atoms with Gasteiger partial charge in [0.05, 0.1) is 5.60 Å². The zero-order chi connectivity index (χ0) is 15.7. The smallest absolute Gasteiger partial charge is 0.236 e. The molecule has 0 fully saturated rings. The number of aliphatic hydroxyl groups is 1. The fourth-order valence-electron chi connectivity index (χ4n) is 2.47. The largest absolute Gasteiger partial charge is 0.390 e. The lowest BCUT2D eigenvalue weighted by Crippen LogP contribution is -2.46. The van der Waals surface area contributed by atoms with Crippen LogP contribution in [0, 0.1) is 5.82 Å². The van der Waals surface area contributed by atoms with Crippen LogP contribution < -0.4 is 5.73 Å². The molecule has 6 heteroatoms. The van der Waals surface area contributed by atoms with E-state index in [1.807, 2.05) is 0 Å². The van der Waals surface area contributed by atoms with Gasteiger partial charge in [0, 0.05) is 9.89 Å². The fraction of sp³-hybridized carbons (Fsp3) is 0.500. The van der Waals surface area contributed by atoms with Gasteiger partial charge in [0.15, 0.2) is 0 Å². The second kappa shape index (κ2) is 6.00. The minimum atomic E-state index is -1.14. The molecular weight excluding hydrogens is 349 g/mol. The summed E-state index contributed by atoms with van der Waals surface area (Å²) in [6.45, 7) is 4.77. The van der Waals surface area contributed by atoms with Crippen molar-refractivity contribution in [2.75, 3.05) is 0 Å². The molecule has 20 heavy (non-hydrogen) atoms. The summed E-state index contributed by atoms with van der Waals surface area (Å²) >= 11 is 9.39. The molecule has 2 atom stereocenters. The molecule has 3 nitrogen and oxygen atoms in total. The third-order valence-corrected chi connectivity index (χ3v) is 4.34. The molecule has 0 aliphatic heterocycles. The monoisotopic (exact) mass is 365 g/mol. The molecule has 0 saturated heterocycles. The number of primary amides is 1. The van der Waals surface area contributed by atoms with E-state index in [9.17, 15) is 14.3 Å². The van der Waals surface area contributed by atoms with Crippen LogP contribution in [-0.2, 0) is 10.2 Å². The highest BCUT2D eigenvalue weighted by atomic mass is 79.9. The highest BCUT2D eigenvalue weighted by Crippen LogP contribution is 2.40. The van der Waals surface area contributed by atoms with Gasteiger partial charge < -0.3 is 10.8 Å². The highest BCUT2D eigenvalue weighted by Gasteiger charge is 2.43. The predicted octanol–water partition coefficient (Wildman–Crippen LogP) is 3.10. The molecule has 3 N–H and O–H groups in total. The number of carbonyl (C=O) groups excluding carboxylic acids is 1. The zero-order valence-corrected chi connectivity index (χ0v) is 13.9. The Bertz CT molecular complexity index is 518. The van der Waals surface area contributed by atoms with Crippen LogP contribution in [0.5, 0.6) is 0 Å². The molecule has 2 unspecified atom stereocenters. The lowest BCUT2D eigenvalue weighted by atomic mass is 9.71. The summed E-state index contributed by atoms with van der Waals surface area (Å²) in [6.07, 6.45) is 0.0878. The fourth-order valence-corrected chi connectivity index (χ4v) is 3.02. The van der Waals surface area contributed by atoms with Crippen molar-refractivity contribution in [1.82, 2.24) is 0 Å². The number of benzene rings is 1. The molecule has 1 aromatic carbocycles. The Hall–Kier alpha value is -0.650. The molecule has 112 valence electrons. The summed E-state index contributed by atoms with van der Waals surface area (Å²) in [5, 5.41) is 8.92. The Morgan fingerprint density at radius 1 is 1.50 bits per heavy atom. The van der Waals surface area contributed by atoms with Crippen molar-refractivity contribution in [2.24, 2.45) is 5.73 Å². The molecule has 0 aliphatic carbocycles. The number of hydrogen-bond donors (Lipinski definition) is 2. The number of amides is 1. The van der Waals surface area contributed by atoms with Crippen molar-refractivity contribution in [3.63, 3.8) is 0 Å². The van der Waals surface area contributed by atoms with E-state index in [-0.39, 0.29) is 12.0 Å². The SMILES string of the molecule is CC(C)(O)CC(C)(c1cc(Br)ccc1F)C(Cl)C(N)=O. The van der Waals surface area contributed by atoms with Gasteiger partial charge in [-0.3, -0.25) is 4.79 Å². The molecule has 0 radical (unpaired) electrons. The number of rotatable bonds is 5. The maximum absolute atomic E-state index is 14.2. The summed E-state index contributed by atoms with van der Waals surface area (Å²) in [6, 6.07) is 4.39. The minimum absolute atomic E-state index is 0.0878. The van der Waals surface area contributed by atoms with Crippen molar-refractivity contribution in [3.05, 3.63) is 34.1 Å². The van der Waals surface area contributed by atoms with E-state index in [4.69, 9.17) is 17.3 Å². The normalized spacial score (nSPS) is 16.6. The van der Waals surface area contributed by atoms with Gasteiger partial charge in [0.1, 0.15) is 11.2 Å². The molecule has 0 bridgehead atoms. The second-order valence-corrected chi connectivity index (χ2v) is 7.15. The molecule has 0 aliphatic rings. The van der Waals surface area contributed by atoms with Crippen molar-refractivity contribution in [3.8, 4) is 0 Å². The van der Waals surface area contributed by atoms with Gasteiger partial charge in [0.2, 0.25) is 5.91 Å². The molecule has 1 rings (SSSR count). The van der Waals surface area contributed by atoms with Crippen LogP contribution in [-0.4, -0.2) is 22.0 Å². The summed E-state index contributed by atoms with van der Waals surface area (Å²) < 4.78 is 14.8. The van der Waals surface area contributed by atoms with E-state index >= 15 is 0 Å². The first-order valence-corrected chi connectivity index (χ1v) is 7.31.